The van der Waals surface area contributed by atoms with Crippen LogP contribution in [0.3, 0.4) is 0 Å². The third-order valence-electron chi connectivity index (χ3n) is 2.52. The van der Waals surface area contributed by atoms with Crippen molar-refractivity contribution in [2.24, 2.45) is 5.84 Å². The minimum atomic E-state index is -0.347. The highest BCUT2D eigenvalue weighted by Crippen LogP contribution is 2.21. The van der Waals surface area contributed by atoms with Crippen LogP contribution in [-0.2, 0) is 13.1 Å². The Balaban J connectivity index is 1.93. The molecule has 0 atom stereocenters. The molecule has 2 aromatic rings. The topological polar surface area (TPSA) is 71.5 Å². The van der Waals surface area contributed by atoms with E-state index in [1.165, 1.54) is 11.1 Å². The van der Waals surface area contributed by atoms with E-state index in [9.17, 15) is 4.79 Å². The monoisotopic (exact) mass is 343 g/mol. The van der Waals surface area contributed by atoms with E-state index < -0.39 is 0 Å². The Morgan fingerprint density at radius 1 is 1.53 bits per heavy atom. The van der Waals surface area contributed by atoms with Crippen LogP contribution in [0.2, 0.25) is 0 Å². The SMILES string of the molecule is CN(Cc1cc(C(=O)NN)co1)Cc1cc(Br)cs1. The summed E-state index contributed by atoms with van der Waals surface area (Å²) in [4.78, 5) is 14.7. The quantitative estimate of drug-likeness (QED) is 0.496. The number of thiophene rings is 1. The first kappa shape index (κ1) is 14.3. The van der Waals surface area contributed by atoms with Crippen molar-refractivity contribution in [2.75, 3.05) is 7.05 Å². The van der Waals surface area contributed by atoms with Gasteiger partial charge in [-0.3, -0.25) is 15.1 Å². The van der Waals surface area contributed by atoms with Crippen molar-refractivity contribution in [3.63, 3.8) is 0 Å². The fourth-order valence-corrected chi connectivity index (χ4v) is 3.22. The van der Waals surface area contributed by atoms with E-state index in [2.05, 4.69) is 37.7 Å². The van der Waals surface area contributed by atoms with Crippen molar-refractivity contribution in [3.05, 3.63) is 44.4 Å². The van der Waals surface area contributed by atoms with Crippen LogP contribution < -0.4 is 11.3 Å². The van der Waals surface area contributed by atoms with Gasteiger partial charge in [-0.05, 0) is 35.1 Å². The van der Waals surface area contributed by atoms with E-state index in [1.54, 1.807) is 17.4 Å². The molecule has 0 saturated heterocycles. The van der Waals surface area contributed by atoms with Gasteiger partial charge in [0.25, 0.3) is 5.91 Å². The molecular formula is C12H14BrN3O2S. The first-order chi connectivity index (χ1) is 9.08. The maximum absolute atomic E-state index is 11.3. The third kappa shape index (κ3) is 3.90. The molecule has 0 aliphatic rings. The summed E-state index contributed by atoms with van der Waals surface area (Å²) in [5.74, 6) is 5.45. The van der Waals surface area contributed by atoms with E-state index >= 15 is 0 Å². The van der Waals surface area contributed by atoms with Crippen molar-refractivity contribution >= 4 is 33.2 Å². The molecule has 0 fully saturated rings. The van der Waals surface area contributed by atoms with Gasteiger partial charge < -0.3 is 4.42 Å². The number of nitrogen functional groups attached to an aromatic ring is 1. The van der Waals surface area contributed by atoms with Gasteiger partial charge in [-0.15, -0.1) is 11.3 Å². The molecule has 2 aromatic heterocycles. The third-order valence-corrected chi connectivity index (χ3v) is 4.20. The predicted octanol–water partition coefficient (Wildman–Crippen LogP) is 2.34. The molecule has 102 valence electrons. The lowest BCUT2D eigenvalue weighted by molar-refractivity contribution is 0.0953. The van der Waals surface area contributed by atoms with Crippen LogP contribution in [0.15, 0.2) is 32.7 Å². The largest absolute Gasteiger partial charge is 0.467 e. The van der Waals surface area contributed by atoms with Gasteiger partial charge in [0.15, 0.2) is 0 Å². The first-order valence-electron chi connectivity index (χ1n) is 5.58. The Kier molecular flexibility index (Phi) is 4.76. The Morgan fingerprint density at radius 2 is 2.32 bits per heavy atom. The molecule has 7 heteroatoms. The van der Waals surface area contributed by atoms with Crippen molar-refractivity contribution in [3.8, 4) is 0 Å². The van der Waals surface area contributed by atoms with Gasteiger partial charge >= 0.3 is 0 Å². The van der Waals surface area contributed by atoms with Gasteiger partial charge in [-0.1, -0.05) is 0 Å². The highest BCUT2D eigenvalue weighted by molar-refractivity contribution is 9.10. The van der Waals surface area contributed by atoms with E-state index in [0.29, 0.717) is 12.1 Å². The zero-order chi connectivity index (χ0) is 13.8. The van der Waals surface area contributed by atoms with Gasteiger partial charge in [0.2, 0.25) is 0 Å². The van der Waals surface area contributed by atoms with E-state index in [4.69, 9.17) is 10.3 Å². The van der Waals surface area contributed by atoms with Gasteiger partial charge in [0.05, 0.1) is 12.1 Å². The van der Waals surface area contributed by atoms with Crippen LogP contribution in [0.25, 0.3) is 0 Å². The van der Waals surface area contributed by atoms with Gasteiger partial charge in [0.1, 0.15) is 12.0 Å². The van der Waals surface area contributed by atoms with Crippen LogP contribution in [0.5, 0.6) is 0 Å². The van der Waals surface area contributed by atoms with Crippen LogP contribution in [-0.4, -0.2) is 17.9 Å². The number of nitrogens with one attached hydrogen (secondary N) is 1. The number of hydrogen-bond donors (Lipinski definition) is 2. The van der Waals surface area contributed by atoms with Crippen LogP contribution in [0.1, 0.15) is 21.0 Å². The maximum atomic E-state index is 11.3. The van der Waals surface area contributed by atoms with E-state index in [-0.39, 0.29) is 5.91 Å². The Bertz CT molecular complexity index is 567. The minimum absolute atomic E-state index is 0.347. The van der Waals surface area contributed by atoms with Crippen molar-refractivity contribution in [1.29, 1.82) is 0 Å². The van der Waals surface area contributed by atoms with Crippen molar-refractivity contribution < 1.29 is 9.21 Å². The maximum Gasteiger partial charge on any atom is 0.268 e. The fourth-order valence-electron chi connectivity index (χ4n) is 1.69. The highest BCUT2D eigenvalue weighted by atomic mass is 79.9. The second-order valence-electron chi connectivity index (χ2n) is 4.18. The summed E-state index contributed by atoms with van der Waals surface area (Å²) < 4.78 is 6.44. The Hall–Kier alpha value is -1.15. The molecule has 0 saturated carbocycles. The molecule has 0 aliphatic carbocycles. The second kappa shape index (κ2) is 6.33. The molecule has 0 radical (unpaired) electrons. The average molecular weight is 344 g/mol. The summed E-state index contributed by atoms with van der Waals surface area (Å²) in [5, 5.41) is 2.06. The summed E-state index contributed by atoms with van der Waals surface area (Å²) in [6.07, 6.45) is 1.41. The minimum Gasteiger partial charge on any atom is -0.467 e. The van der Waals surface area contributed by atoms with Gasteiger partial charge in [0, 0.05) is 21.3 Å². The summed E-state index contributed by atoms with van der Waals surface area (Å²) in [5.41, 5.74) is 2.51. The smallest absolute Gasteiger partial charge is 0.268 e. The van der Waals surface area contributed by atoms with E-state index in [0.717, 1.165) is 16.8 Å². The number of nitrogens with zero attached hydrogens (tertiary/aromatic N) is 1. The predicted molar refractivity (Wildman–Crippen MR) is 77.6 cm³/mol. The molecule has 0 spiro atoms. The van der Waals surface area contributed by atoms with Crippen LogP contribution in [0, 0.1) is 0 Å². The lowest BCUT2D eigenvalue weighted by Gasteiger charge is -2.13. The first-order valence-corrected chi connectivity index (χ1v) is 7.25. The summed E-state index contributed by atoms with van der Waals surface area (Å²) >= 11 is 5.14. The van der Waals surface area contributed by atoms with Gasteiger partial charge in [-0.25, -0.2) is 5.84 Å². The number of rotatable bonds is 5. The van der Waals surface area contributed by atoms with E-state index in [1.807, 2.05) is 7.05 Å². The number of nitrogens with two attached hydrogens (primary N) is 1. The number of halogens is 1. The number of hydrogen-bond acceptors (Lipinski definition) is 5. The normalized spacial score (nSPS) is 10.9. The van der Waals surface area contributed by atoms with Crippen molar-refractivity contribution in [2.45, 2.75) is 13.1 Å². The lowest BCUT2D eigenvalue weighted by atomic mass is 10.3. The molecule has 0 unspecified atom stereocenters. The van der Waals surface area contributed by atoms with Gasteiger partial charge in [-0.2, -0.15) is 0 Å². The molecule has 2 heterocycles. The zero-order valence-corrected chi connectivity index (χ0v) is 12.8. The highest BCUT2D eigenvalue weighted by Gasteiger charge is 2.11. The number of hydrazine groups is 1. The Morgan fingerprint density at radius 3 is 2.95 bits per heavy atom. The van der Waals surface area contributed by atoms with Crippen LogP contribution in [0.4, 0.5) is 0 Å². The van der Waals surface area contributed by atoms with Crippen LogP contribution >= 0.6 is 27.3 Å². The molecular weight excluding hydrogens is 330 g/mol. The molecule has 3 N–H and O–H groups in total. The standard InChI is InChI=1S/C12H14BrN3O2S/c1-16(5-11-3-9(13)7-19-11)4-10-2-8(6-18-10)12(17)15-14/h2-3,6-7H,4-5,14H2,1H3,(H,15,17). The molecule has 0 bridgehead atoms. The fraction of sp³-hybridized carbons (Fsp3) is 0.250. The molecule has 0 aliphatic heterocycles. The molecule has 2 rings (SSSR count). The number of carbonyl (C=O) groups excluding carboxylic acids is 1. The molecule has 5 nitrogen and oxygen atoms in total. The summed E-state index contributed by atoms with van der Waals surface area (Å²) in [6, 6.07) is 3.79. The number of furan rings is 1. The lowest BCUT2D eigenvalue weighted by Crippen LogP contribution is -2.29. The molecule has 19 heavy (non-hydrogen) atoms. The average Bonchev–Trinajstić information content (AvgIpc) is 2.98. The van der Waals surface area contributed by atoms with Crippen molar-refractivity contribution in [1.82, 2.24) is 10.3 Å². The summed E-state index contributed by atoms with van der Waals surface area (Å²) in [7, 11) is 2.00. The zero-order valence-electron chi connectivity index (χ0n) is 10.4. The molecule has 0 aromatic carbocycles. The molecule has 1 amide bonds. The summed E-state index contributed by atoms with van der Waals surface area (Å²) in [6.45, 7) is 1.46. The Labute approximate surface area is 123 Å². The second-order valence-corrected chi connectivity index (χ2v) is 6.09. The number of carbonyl (C=O) groups is 1. The number of amides is 1.